The third-order valence-electron chi connectivity index (χ3n) is 9.78. The van der Waals surface area contributed by atoms with Gasteiger partial charge in [-0.1, -0.05) is 90.9 Å². The van der Waals surface area contributed by atoms with Crippen LogP contribution >= 0.6 is 0 Å². The SMILES string of the molecule is CCCCCCCCCC[N+](C)(C)CCCCCCCCCC.O=c1cc/c(=N/Nc2ccc([N+](=O)[O-])cc2S(=O)(=O)[O-])c(=O)c1=NNc1ccc([N+](=O)[O-])cc1S(=O)(=O)[O-]. The second kappa shape index (κ2) is 25.7. The first-order valence-electron chi connectivity index (χ1n) is 20.5. The molecule has 0 aromatic heterocycles. The highest BCUT2D eigenvalue weighted by molar-refractivity contribution is 7.86. The Kier molecular flexibility index (Phi) is 22.0. The largest absolute Gasteiger partial charge is 0.744 e. The maximum Gasteiger partial charge on any atom is 0.270 e. The quantitative estimate of drug-likeness (QED) is 0.0303. The van der Waals surface area contributed by atoms with Gasteiger partial charge in [0, 0.05) is 24.3 Å². The molecule has 0 aliphatic rings. The number of nitrogens with one attached hydrogen (secondary N) is 2. The van der Waals surface area contributed by atoms with E-state index in [0.717, 1.165) is 36.4 Å². The van der Waals surface area contributed by atoms with Crippen LogP contribution in [0.2, 0.25) is 0 Å². The van der Waals surface area contributed by atoms with Crippen molar-refractivity contribution in [2.75, 3.05) is 38.0 Å². The third kappa shape index (κ3) is 19.1. The van der Waals surface area contributed by atoms with Crippen molar-refractivity contribution in [2.24, 2.45) is 10.2 Å². The van der Waals surface area contributed by atoms with Gasteiger partial charge < -0.3 is 13.6 Å². The first-order chi connectivity index (χ1) is 28.7. The fourth-order valence-electron chi connectivity index (χ4n) is 6.28. The maximum absolute atomic E-state index is 12.7. The number of non-ortho nitro benzene ring substituents is 2. The summed E-state index contributed by atoms with van der Waals surface area (Å²) < 4.78 is 70.2. The minimum atomic E-state index is -5.26. The number of nitro groups is 2. The highest BCUT2D eigenvalue weighted by atomic mass is 32.2. The average Bonchev–Trinajstić information content (AvgIpc) is 3.19. The predicted molar refractivity (Wildman–Crippen MR) is 229 cm³/mol. The minimum Gasteiger partial charge on any atom is -0.744 e. The number of quaternary nitrogens is 1. The molecule has 0 heterocycles. The standard InChI is InChI=1S/C22H48N.C18H12N6O12S2/c1-5-7-9-11-13-15-17-19-21-23(3,4)22-20-18-16-14-12-10-8-6-2;25-14-6-5-13(21-19-11-3-1-9(23(27)28)7-15(11)37(31,32)33)18(26)17(14)22-20-12-4-2-10(24(29)30)8-16(12)38(34,35)36/h5-22H2,1-4H3;1-8,19-20H,(H,31,32,33)(H,34,35,36)/q+1;/p-2/b;21-13-,22-17?. The van der Waals surface area contributed by atoms with Crippen LogP contribution in [0.5, 0.6) is 0 Å². The Morgan fingerprint density at radius 3 is 1.33 bits per heavy atom. The van der Waals surface area contributed by atoms with Crippen molar-refractivity contribution in [3.8, 4) is 0 Å². The van der Waals surface area contributed by atoms with Crippen molar-refractivity contribution in [3.63, 3.8) is 0 Å². The molecule has 2 N–H and O–H groups in total. The Hall–Kier alpha value is -4.96. The summed E-state index contributed by atoms with van der Waals surface area (Å²) >= 11 is 0. The molecule has 3 aromatic rings. The van der Waals surface area contributed by atoms with Crippen molar-refractivity contribution in [3.05, 3.63) is 99.9 Å². The van der Waals surface area contributed by atoms with Crippen LogP contribution in [0.15, 0.2) is 78.1 Å². The van der Waals surface area contributed by atoms with Crippen LogP contribution in [0.3, 0.4) is 0 Å². The van der Waals surface area contributed by atoms with Crippen molar-refractivity contribution in [2.45, 2.75) is 126 Å². The predicted octanol–water partition coefficient (Wildman–Crippen LogP) is 6.11. The van der Waals surface area contributed by atoms with E-state index in [1.165, 1.54) is 120 Å². The summed E-state index contributed by atoms with van der Waals surface area (Å²) in [4.78, 5) is 42.5. The molecule has 0 aliphatic carbocycles. The molecule has 0 spiro atoms. The zero-order valence-corrected chi connectivity index (χ0v) is 36.9. The number of benzene rings is 3. The van der Waals surface area contributed by atoms with Gasteiger partial charge in [-0.2, -0.15) is 10.2 Å². The van der Waals surface area contributed by atoms with Crippen LogP contribution < -0.4 is 32.4 Å². The van der Waals surface area contributed by atoms with Crippen LogP contribution in [-0.4, -0.2) is 67.5 Å². The molecule has 0 aliphatic heterocycles. The molecule has 338 valence electrons. The lowest BCUT2D eigenvalue weighted by molar-refractivity contribution is -0.890. The second-order valence-electron chi connectivity index (χ2n) is 15.3. The number of nitrogens with zero attached hydrogens (tertiary/aromatic N) is 5. The first kappa shape index (κ1) is 52.2. The Morgan fingerprint density at radius 1 is 0.574 bits per heavy atom. The highest BCUT2D eigenvalue weighted by Crippen LogP contribution is 2.27. The molecular weight excluding hydrogens is 835 g/mol. The first-order valence-corrected chi connectivity index (χ1v) is 23.3. The Labute approximate surface area is 356 Å². The zero-order valence-electron chi connectivity index (χ0n) is 35.3. The second-order valence-corrected chi connectivity index (χ2v) is 18.0. The minimum absolute atomic E-state index is 0.442. The molecule has 0 bridgehead atoms. The number of anilines is 2. The van der Waals surface area contributed by atoms with E-state index in [4.69, 9.17) is 0 Å². The van der Waals surface area contributed by atoms with Crippen molar-refractivity contribution in [1.29, 1.82) is 0 Å². The highest BCUT2D eigenvalue weighted by Gasteiger charge is 2.17. The van der Waals surface area contributed by atoms with Gasteiger partial charge in [-0.3, -0.25) is 40.7 Å². The van der Waals surface area contributed by atoms with E-state index >= 15 is 0 Å². The third-order valence-corrected chi connectivity index (χ3v) is 11.5. The lowest BCUT2D eigenvalue weighted by atomic mass is 10.1. The molecule has 0 radical (unpaired) electrons. The number of hydrogen-bond donors (Lipinski definition) is 2. The Bertz CT molecular complexity index is 2340. The number of rotatable bonds is 26. The van der Waals surface area contributed by atoms with Crippen LogP contribution in [-0.2, 0) is 20.2 Å². The molecule has 0 saturated carbocycles. The summed E-state index contributed by atoms with van der Waals surface area (Å²) in [6.45, 7) is 7.36. The van der Waals surface area contributed by atoms with Crippen LogP contribution in [0.25, 0.3) is 0 Å². The number of nitro benzene ring substituents is 2. The van der Waals surface area contributed by atoms with Gasteiger partial charge in [-0.25, -0.2) is 16.8 Å². The molecule has 0 atom stereocenters. The summed E-state index contributed by atoms with van der Waals surface area (Å²) in [5.41, 5.74) is -0.703. The molecule has 3 aromatic carbocycles. The van der Waals surface area contributed by atoms with Crippen molar-refractivity contribution in [1.82, 2.24) is 0 Å². The maximum atomic E-state index is 12.7. The Morgan fingerprint density at radius 2 is 0.951 bits per heavy atom. The molecule has 0 amide bonds. The van der Waals surface area contributed by atoms with Gasteiger partial charge in [0.25, 0.3) is 11.4 Å². The van der Waals surface area contributed by atoms with Crippen molar-refractivity contribution >= 4 is 43.0 Å². The van der Waals surface area contributed by atoms with Crippen LogP contribution in [0, 0.1) is 20.2 Å². The number of unbranched alkanes of at least 4 members (excludes halogenated alkanes) is 14. The van der Waals surface area contributed by atoms with Gasteiger partial charge in [0.1, 0.15) is 25.6 Å². The summed E-state index contributed by atoms with van der Waals surface area (Å²) in [7, 11) is -5.63. The smallest absolute Gasteiger partial charge is 0.270 e. The van der Waals surface area contributed by atoms with Gasteiger partial charge >= 0.3 is 0 Å². The summed E-state index contributed by atoms with van der Waals surface area (Å²) in [5, 5.41) is 27.3. The summed E-state index contributed by atoms with van der Waals surface area (Å²) in [6, 6.07) is 5.90. The van der Waals surface area contributed by atoms with E-state index in [9.17, 15) is 55.8 Å². The van der Waals surface area contributed by atoms with Gasteiger partial charge in [0.05, 0.1) is 58.2 Å². The summed E-state index contributed by atoms with van der Waals surface area (Å²) in [5.74, 6) is 0. The molecule has 0 fully saturated rings. The van der Waals surface area contributed by atoms with E-state index in [1.807, 2.05) is 5.43 Å². The normalized spacial score (nSPS) is 12.5. The molecule has 0 saturated heterocycles. The van der Waals surface area contributed by atoms with Gasteiger partial charge in [0.15, 0.2) is 5.36 Å². The fourth-order valence-corrected chi connectivity index (χ4v) is 7.58. The summed E-state index contributed by atoms with van der Waals surface area (Å²) in [6.07, 6.45) is 23.0. The van der Waals surface area contributed by atoms with Gasteiger partial charge in [0.2, 0.25) is 10.9 Å². The fraction of sp³-hybridized carbons (Fsp3) is 0.550. The van der Waals surface area contributed by atoms with E-state index in [1.54, 1.807) is 0 Å². The Balaban J connectivity index is 0.000000479. The van der Waals surface area contributed by atoms with E-state index < -0.39 is 84.2 Å². The van der Waals surface area contributed by atoms with Crippen molar-refractivity contribution < 1.29 is 40.3 Å². The molecule has 21 heteroatoms. The van der Waals surface area contributed by atoms with E-state index in [2.05, 4.69) is 43.6 Å². The van der Waals surface area contributed by atoms with Crippen LogP contribution in [0.1, 0.15) is 117 Å². The molecule has 19 nitrogen and oxygen atoms in total. The zero-order chi connectivity index (χ0) is 45.6. The molecule has 0 unspecified atom stereocenters. The average molecular weight is 893 g/mol. The van der Waals surface area contributed by atoms with Crippen LogP contribution in [0.4, 0.5) is 22.7 Å². The molecule has 3 rings (SSSR count). The molecular formula is C40H58N7O12S2-. The number of hydrogen-bond acceptors (Lipinski definition) is 16. The van der Waals surface area contributed by atoms with Gasteiger partial charge in [-0.15, -0.1) is 0 Å². The lowest BCUT2D eigenvalue weighted by Crippen LogP contribution is -2.48. The topological polar surface area (TPSA) is 284 Å². The lowest BCUT2D eigenvalue weighted by Gasteiger charge is -2.30. The monoisotopic (exact) mass is 892 g/mol. The van der Waals surface area contributed by atoms with Gasteiger partial charge in [-0.05, 0) is 49.9 Å². The molecule has 61 heavy (non-hydrogen) atoms. The van der Waals surface area contributed by atoms with E-state index in [-0.39, 0.29) is 0 Å². The van der Waals surface area contributed by atoms with E-state index in [0.29, 0.717) is 12.1 Å².